The van der Waals surface area contributed by atoms with Crippen molar-refractivity contribution < 1.29 is 4.39 Å². The quantitative estimate of drug-likeness (QED) is 0.782. The van der Waals surface area contributed by atoms with Crippen LogP contribution in [0.4, 0.5) is 4.39 Å². The second-order valence-corrected chi connectivity index (χ2v) is 3.22. The Bertz CT molecular complexity index is 424. The highest BCUT2D eigenvalue weighted by molar-refractivity contribution is 5.75. The molecule has 1 aromatic heterocycles. The smallest absolute Gasteiger partial charge is 0.126 e. The Morgan fingerprint density at radius 2 is 2.36 bits per heavy atom. The zero-order chi connectivity index (χ0) is 9.97. The van der Waals surface area contributed by atoms with Crippen LogP contribution in [-0.4, -0.2) is 16.5 Å². The number of hydrogen-bond acceptors (Lipinski definition) is 2. The molecule has 4 heteroatoms. The normalized spacial score (nSPS) is 13.3. The first-order chi connectivity index (χ1) is 6.81. The van der Waals surface area contributed by atoms with Gasteiger partial charge in [0.1, 0.15) is 6.17 Å². The molecule has 0 saturated carbocycles. The topological polar surface area (TPSA) is 54.7 Å². The highest BCUT2D eigenvalue weighted by Gasteiger charge is 2.09. The number of halogens is 1. The van der Waals surface area contributed by atoms with E-state index in [2.05, 4.69) is 9.97 Å². The molecule has 0 aliphatic rings. The summed E-state index contributed by atoms with van der Waals surface area (Å²) in [6.45, 7) is 0.363. The highest BCUT2D eigenvalue weighted by atomic mass is 19.1. The average Bonchev–Trinajstić information content (AvgIpc) is 2.64. The summed E-state index contributed by atoms with van der Waals surface area (Å²) in [5, 5.41) is 0. The predicted molar refractivity (Wildman–Crippen MR) is 53.6 cm³/mol. The van der Waals surface area contributed by atoms with Crippen LogP contribution in [0.1, 0.15) is 18.2 Å². The first-order valence-electron chi connectivity index (χ1n) is 4.58. The number of alkyl halides is 1. The average molecular weight is 193 g/mol. The summed E-state index contributed by atoms with van der Waals surface area (Å²) < 4.78 is 13.5. The molecule has 0 fully saturated rings. The fourth-order valence-electron chi connectivity index (χ4n) is 1.46. The molecule has 1 heterocycles. The van der Waals surface area contributed by atoms with Crippen LogP contribution in [0.5, 0.6) is 0 Å². The first-order valence-corrected chi connectivity index (χ1v) is 4.58. The van der Waals surface area contributed by atoms with Crippen molar-refractivity contribution in [2.45, 2.75) is 12.6 Å². The molecule has 3 N–H and O–H groups in total. The van der Waals surface area contributed by atoms with Crippen LogP contribution in [0.3, 0.4) is 0 Å². The summed E-state index contributed by atoms with van der Waals surface area (Å²) in [4.78, 5) is 7.01. The van der Waals surface area contributed by atoms with Crippen molar-refractivity contribution in [1.29, 1.82) is 0 Å². The molecule has 74 valence electrons. The van der Waals surface area contributed by atoms with Crippen LogP contribution >= 0.6 is 0 Å². The van der Waals surface area contributed by atoms with Crippen molar-refractivity contribution in [3.8, 4) is 0 Å². The van der Waals surface area contributed by atoms with E-state index in [1.54, 1.807) is 18.5 Å². The van der Waals surface area contributed by atoms with Crippen molar-refractivity contribution in [2.24, 2.45) is 5.73 Å². The Kier molecular flexibility index (Phi) is 2.45. The lowest BCUT2D eigenvalue weighted by molar-refractivity contribution is 0.328. The standard InChI is InChI=1S/C10H12FN3/c11-8(3-4-12)7-1-2-9-10(5-7)14-6-13-9/h1-2,5-6,8H,3-4,12H2,(H,13,14). The molecule has 2 rings (SSSR count). The molecular weight excluding hydrogens is 181 g/mol. The van der Waals surface area contributed by atoms with Gasteiger partial charge in [0.25, 0.3) is 0 Å². The highest BCUT2D eigenvalue weighted by Crippen LogP contribution is 2.23. The summed E-state index contributed by atoms with van der Waals surface area (Å²) in [7, 11) is 0. The Balaban J connectivity index is 2.33. The van der Waals surface area contributed by atoms with Crippen molar-refractivity contribution in [1.82, 2.24) is 9.97 Å². The molecule has 0 spiro atoms. The Labute approximate surface area is 81.1 Å². The SMILES string of the molecule is NCCC(F)c1ccc2nc[nH]c2c1. The van der Waals surface area contributed by atoms with Gasteiger partial charge in [0, 0.05) is 0 Å². The van der Waals surface area contributed by atoms with Gasteiger partial charge < -0.3 is 10.7 Å². The van der Waals surface area contributed by atoms with Crippen LogP contribution in [-0.2, 0) is 0 Å². The molecule has 0 amide bonds. The van der Waals surface area contributed by atoms with Gasteiger partial charge in [-0.1, -0.05) is 6.07 Å². The number of aromatic amines is 1. The second-order valence-electron chi connectivity index (χ2n) is 3.22. The minimum atomic E-state index is -0.979. The van der Waals surface area contributed by atoms with E-state index >= 15 is 0 Å². The molecule has 3 nitrogen and oxygen atoms in total. The fourth-order valence-corrected chi connectivity index (χ4v) is 1.46. The number of H-pyrrole nitrogens is 1. The van der Waals surface area contributed by atoms with E-state index in [9.17, 15) is 4.39 Å². The number of rotatable bonds is 3. The number of imidazole rings is 1. The maximum absolute atomic E-state index is 13.5. The molecule has 0 aliphatic heterocycles. The summed E-state index contributed by atoms with van der Waals surface area (Å²) in [6.07, 6.45) is 0.984. The Morgan fingerprint density at radius 1 is 1.50 bits per heavy atom. The molecule has 1 aromatic carbocycles. The number of nitrogens with zero attached hydrogens (tertiary/aromatic N) is 1. The van der Waals surface area contributed by atoms with Gasteiger partial charge in [-0.25, -0.2) is 9.37 Å². The zero-order valence-corrected chi connectivity index (χ0v) is 7.70. The summed E-state index contributed by atoms with van der Waals surface area (Å²) in [6, 6.07) is 5.34. The third kappa shape index (κ3) is 1.61. The zero-order valence-electron chi connectivity index (χ0n) is 7.70. The lowest BCUT2D eigenvalue weighted by Gasteiger charge is -2.06. The molecule has 0 bridgehead atoms. The number of hydrogen-bond donors (Lipinski definition) is 2. The Hall–Kier alpha value is -1.42. The van der Waals surface area contributed by atoms with Crippen LogP contribution in [0.25, 0.3) is 11.0 Å². The fraction of sp³-hybridized carbons (Fsp3) is 0.300. The molecule has 14 heavy (non-hydrogen) atoms. The molecule has 0 saturated heterocycles. The van der Waals surface area contributed by atoms with Gasteiger partial charge in [-0.2, -0.15) is 0 Å². The van der Waals surface area contributed by atoms with Gasteiger partial charge in [-0.15, -0.1) is 0 Å². The monoisotopic (exact) mass is 193 g/mol. The van der Waals surface area contributed by atoms with Gasteiger partial charge in [-0.3, -0.25) is 0 Å². The number of nitrogens with two attached hydrogens (primary N) is 1. The van der Waals surface area contributed by atoms with E-state index in [1.807, 2.05) is 6.07 Å². The number of aromatic nitrogens is 2. The molecule has 2 aromatic rings. The van der Waals surface area contributed by atoms with Crippen molar-refractivity contribution >= 4 is 11.0 Å². The third-order valence-electron chi connectivity index (χ3n) is 2.23. The van der Waals surface area contributed by atoms with Gasteiger partial charge in [0.15, 0.2) is 0 Å². The maximum Gasteiger partial charge on any atom is 0.126 e. The number of fused-ring (bicyclic) bond motifs is 1. The van der Waals surface area contributed by atoms with Crippen molar-refractivity contribution in [3.05, 3.63) is 30.1 Å². The van der Waals surface area contributed by atoms with E-state index < -0.39 is 6.17 Å². The van der Waals surface area contributed by atoms with Gasteiger partial charge >= 0.3 is 0 Å². The van der Waals surface area contributed by atoms with Crippen LogP contribution in [0.2, 0.25) is 0 Å². The lowest BCUT2D eigenvalue weighted by atomic mass is 10.1. The molecule has 1 unspecified atom stereocenters. The minimum absolute atomic E-state index is 0.361. The summed E-state index contributed by atoms with van der Waals surface area (Å²) in [5.74, 6) is 0. The van der Waals surface area contributed by atoms with Crippen molar-refractivity contribution in [3.63, 3.8) is 0 Å². The van der Waals surface area contributed by atoms with E-state index in [4.69, 9.17) is 5.73 Å². The van der Waals surface area contributed by atoms with E-state index in [0.29, 0.717) is 18.5 Å². The van der Waals surface area contributed by atoms with E-state index in [0.717, 1.165) is 11.0 Å². The maximum atomic E-state index is 13.5. The Morgan fingerprint density at radius 3 is 3.14 bits per heavy atom. The van der Waals surface area contributed by atoms with E-state index in [-0.39, 0.29) is 0 Å². The largest absolute Gasteiger partial charge is 0.345 e. The molecule has 0 radical (unpaired) electrons. The first kappa shape index (κ1) is 9.15. The van der Waals surface area contributed by atoms with Crippen LogP contribution in [0, 0.1) is 0 Å². The summed E-state index contributed by atoms with van der Waals surface area (Å²) >= 11 is 0. The molecule has 1 atom stereocenters. The van der Waals surface area contributed by atoms with Gasteiger partial charge in [0.2, 0.25) is 0 Å². The third-order valence-corrected chi connectivity index (χ3v) is 2.23. The van der Waals surface area contributed by atoms with Crippen LogP contribution < -0.4 is 5.73 Å². The van der Waals surface area contributed by atoms with Gasteiger partial charge in [-0.05, 0) is 30.7 Å². The number of benzene rings is 1. The number of nitrogens with one attached hydrogen (secondary N) is 1. The van der Waals surface area contributed by atoms with E-state index in [1.165, 1.54) is 0 Å². The van der Waals surface area contributed by atoms with Gasteiger partial charge in [0.05, 0.1) is 17.4 Å². The molecule has 0 aliphatic carbocycles. The van der Waals surface area contributed by atoms with Crippen LogP contribution in [0.15, 0.2) is 24.5 Å². The summed E-state index contributed by atoms with van der Waals surface area (Å²) in [5.41, 5.74) is 7.68. The van der Waals surface area contributed by atoms with Crippen molar-refractivity contribution in [2.75, 3.05) is 6.54 Å². The lowest BCUT2D eigenvalue weighted by Crippen LogP contribution is -2.03. The second kappa shape index (κ2) is 3.75. The molecular formula is C10H12FN3. The predicted octanol–water partition coefficient (Wildman–Crippen LogP) is 1.92. The minimum Gasteiger partial charge on any atom is -0.345 e.